The van der Waals surface area contributed by atoms with Gasteiger partial charge in [0.05, 0.1) is 12.6 Å². The lowest BCUT2D eigenvalue weighted by atomic mass is 9.90. The average Bonchev–Trinajstić information content (AvgIpc) is 2.44. The SMILES string of the molecule is CCC[C@H]1CCC[C@@H](C)N1[C@H](CO)c1ccccc1. The topological polar surface area (TPSA) is 23.5 Å². The van der Waals surface area contributed by atoms with E-state index < -0.39 is 0 Å². The van der Waals surface area contributed by atoms with Gasteiger partial charge in [-0.15, -0.1) is 0 Å². The maximum absolute atomic E-state index is 9.89. The lowest BCUT2D eigenvalue weighted by molar-refractivity contribution is 0.0137. The lowest BCUT2D eigenvalue weighted by Crippen LogP contribution is -2.48. The van der Waals surface area contributed by atoms with E-state index in [1.165, 1.54) is 37.7 Å². The van der Waals surface area contributed by atoms with Gasteiger partial charge in [-0.25, -0.2) is 0 Å². The van der Waals surface area contributed by atoms with E-state index in [1.54, 1.807) is 0 Å². The Kier molecular flexibility index (Phi) is 5.41. The Hall–Kier alpha value is -0.860. The third-order valence-corrected chi connectivity index (χ3v) is 4.43. The molecular formula is C17H27NO. The van der Waals surface area contributed by atoms with Gasteiger partial charge >= 0.3 is 0 Å². The molecular weight excluding hydrogens is 234 g/mol. The average molecular weight is 261 g/mol. The van der Waals surface area contributed by atoms with Crippen molar-refractivity contribution in [1.82, 2.24) is 4.90 Å². The van der Waals surface area contributed by atoms with Gasteiger partial charge in [0.1, 0.15) is 0 Å². The summed E-state index contributed by atoms with van der Waals surface area (Å²) in [7, 11) is 0. The Morgan fingerprint density at radius 1 is 1.26 bits per heavy atom. The van der Waals surface area contributed by atoms with Gasteiger partial charge < -0.3 is 5.11 Å². The Labute approximate surface area is 117 Å². The van der Waals surface area contributed by atoms with Gasteiger partial charge in [-0.1, -0.05) is 50.1 Å². The Balaban J connectivity index is 2.22. The van der Waals surface area contributed by atoms with Crippen molar-refractivity contribution in [1.29, 1.82) is 0 Å². The van der Waals surface area contributed by atoms with Gasteiger partial charge in [-0.3, -0.25) is 4.90 Å². The molecule has 1 saturated heterocycles. The Morgan fingerprint density at radius 2 is 2.00 bits per heavy atom. The summed E-state index contributed by atoms with van der Waals surface area (Å²) in [4.78, 5) is 2.57. The normalized spacial score (nSPS) is 26.3. The van der Waals surface area contributed by atoms with Gasteiger partial charge in [-0.05, 0) is 31.7 Å². The van der Waals surface area contributed by atoms with Crippen LogP contribution in [-0.2, 0) is 0 Å². The number of aliphatic hydroxyl groups is 1. The number of rotatable bonds is 5. The molecule has 1 heterocycles. The molecule has 2 rings (SSSR count). The number of aliphatic hydroxyl groups excluding tert-OH is 1. The predicted octanol–water partition coefficient (Wildman–Crippen LogP) is 3.76. The first-order valence-corrected chi connectivity index (χ1v) is 7.71. The zero-order valence-corrected chi connectivity index (χ0v) is 12.3. The summed E-state index contributed by atoms with van der Waals surface area (Å²) in [5, 5.41) is 9.89. The minimum atomic E-state index is 0.160. The molecule has 0 radical (unpaired) electrons. The van der Waals surface area contributed by atoms with E-state index in [-0.39, 0.29) is 12.6 Å². The molecule has 1 aromatic rings. The van der Waals surface area contributed by atoms with Crippen molar-refractivity contribution in [2.45, 2.75) is 64.1 Å². The minimum Gasteiger partial charge on any atom is -0.394 e. The highest BCUT2D eigenvalue weighted by atomic mass is 16.3. The standard InChI is InChI=1S/C17H27NO/c1-3-8-16-12-7-9-14(2)18(16)17(13-19)15-10-5-4-6-11-15/h4-6,10-11,14,16-17,19H,3,7-9,12-13H2,1-2H3/t14-,16+,17-/m1/s1. The molecule has 106 valence electrons. The van der Waals surface area contributed by atoms with Crippen molar-refractivity contribution in [2.24, 2.45) is 0 Å². The smallest absolute Gasteiger partial charge is 0.0628 e. The monoisotopic (exact) mass is 261 g/mol. The first kappa shape index (κ1) is 14.5. The maximum Gasteiger partial charge on any atom is 0.0628 e. The molecule has 1 fully saturated rings. The second kappa shape index (κ2) is 7.06. The third kappa shape index (κ3) is 3.37. The summed E-state index contributed by atoms with van der Waals surface area (Å²) in [5.74, 6) is 0. The molecule has 2 nitrogen and oxygen atoms in total. The molecule has 0 spiro atoms. The fraction of sp³-hybridized carbons (Fsp3) is 0.647. The molecule has 0 aromatic heterocycles. The zero-order chi connectivity index (χ0) is 13.7. The van der Waals surface area contributed by atoms with Crippen molar-refractivity contribution >= 4 is 0 Å². The molecule has 0 bridgehead atoms. The zero-order valence-electron chi connectivity index (χ0n) is 12.3. The van der Waals surface area contributed by atoms with E-state index in [0.717, 1.165) is 0 Å². The molecule has 0 aliphatic carbocycles. The number of hydrogen-bond acceptors (Lipinski definition) is 2. The highest BCUT2D eigenvalue weighted by Crippen LogP contribution is 2.34. The third-order valence-electron chi connectivity index (χ3n) is 4.43. The van der Waals surface area contributed by atoms with Gasteiger partial charge in [-0.2, -0.15) is 0 Å². The minimum absolute atomic E-state index is 0.160. The summed E-state index contributed by atoms with van der Waals surface area (Å²) < 4.78 is 0. The van der Waals surface area contributed by atoms with Crippen LogP contribution in [0.4, 0.5) is 0 Å². The predicted molar refractivity (Wildman–Crippen MR) is 80.1 cm³/mol. The van der Waals surface area contributed by atoms with Crippen LogP contribution < -0.4 is 0 Å². The van der Waals surface area contributed by atoms with Crippen LogP contribution >= 0.6 is 0 Å². The first-order valence-electron chi connectivity index (χ1n) is 7.71. The van der Waals surface area contributed by atoms with Crippen LogP contribution in [0.1, 0.15) is 57.6 Å². The second-order valence-corrected chi connectivity index (χ2v) is 5.78. The fourth-order valence-corrected chi connectivity index (χ4v) is 3.54. The first-order chi connectivity index (χ1) is 9.27. The van der Waals surface area contributed by atoms with Crippen molar-refractivity contribution in [3.8, 4) is 0 Å². The highest BCUT2D eigenvalue weighted by Gasteiger charge is 2.33. The highest BCUT2D eigenvalue weighted by molar-refractivity contribution is 5.20. The van der Waals surface area contributed by atoms with E-state index in [4.69, 9.17) is 0 Å². The van der Waals surface area contributed by atoms with E-state index >= 15 is 0 Å². The number of piperidine rings is 1. The van der Waals surface area contributed by atoms with Crippen molar-refractivity contribution < 1.29 is 5.11 Å². The summed E-state index contributed by atoms with van der Waals surface area (Å²) >= 11 is 0. The fourth-order valence-electron chi connectivity index (χ4n) is 3.54. The van der Waals surface area contributed by atoms with Crippen molar-refractivity contribution in [3.05, 3.63) is 35.9 Å². The van der Waals surface area contributed by atoms with Crippen LogP contribution in [0.2, 0.25) is 0 Å². The number of nitrogens with zero attached hydrogens (tertiary/aromatic N) is 1. The molecule has 1 aliphatic rings. The van der Waals surface area contributed by atoms with Crippen LogP contribution in [0.5, 0.6) is 0 Å². The van der Waals surface area contributed by atoms with E-state index in [1.807, 2.05) is 6.07 Å². The Bertz CT molecular complexity index is 363. The number of likely N-dealkylation sites (tertiary alicyclic amines) is 1. The summed E-state index contributed by atoms with van der Waals surface area (Å²) in [6.07, 6.45) is 6.33. The van der Waals surface area contributed by atoms with Crippen LogP contribution in [-0.4, -0.2) is 28.7 Å². The molecule has 19 heavy (non-hydrogen) atoms. The van der Waals surface area contributed by atoms with Crippen molar-refractivity contribution in [3.63, 3.8) is 0 Å². The summed E-state index contributed by atoms with van der Waals surface area (Å²) in [5.41, 5.74) is 1.25. The molecule has 1 aliphatic heterocycles. The molecule has 3 atom stereocenters. The van der Waals surface area contributed by atoms with E-state index in [2.05, 4.69) is 43.0 Å². The molecule has 0 unspecified atom stereocenters. The molecule has 0 saturated carbocycles. The van der Waals surface area contributed by atoms with Crippen LogP contribution in [0, 0.1) is 0 Å². The molecule has 2 heteroatoms. The van der Waals surface area contributed by atoms with Gasteiger partial charge in [0.25, 0.3) is 0 Å². The quantitative estimate of drug-likeness (QED) is 0.872. The van der Waals surface area contributed by atoms with Gasteiger partial charge in [0.2, 0.25) is 0 Å². The molecule has 1 N–H and O–H groups in total. The largest absolute Gasteiger partial charge is 0.394 e. The van der Waals surface area contributed by atoms with Gasteiger partial charge in [0.15, 0.2) is 0 Å². The van der Waals surface area contributed by atoms with E-state index in [9.17, 15) is 5.11 Å². The molecule has 0 amide bonds. The van der Waals surface area contributed by atoms with E-state index in [0.29, 0.717) is 12.1 Å². The summed E-state index contributed by atoms with van der Waals surface area (Å²) in [6, 6.07) is 11.8. The van der Waals surface area contributed by atoms with Crippen LogP contribution in [0.15, 0.2) is 30.3 Å². The van der Waals surface area contributed by atoms with Crippen LogP contribution in [0.25, 0.3) is 0 Å². The van der Waals surface area contributed by atoms with Crippen molar-refractivity contribution in [2.75, 3.05) is 6.61 Å². The summed E-state index contributed by atoms with van der Waals surface area (Å²) in [6.45, 7) is 4.79. The number of hydrogen-bond donors (Lipinski definition) is 1. The molecule has 1 aromatic carbocycles. The van der Waals surface area contributed by atoms with Gasteiger partial charge in [0, 0.05) is 12.1 Å². The number of benzene rings is 1. The Morgan fingerprint density at radius 3 is 2.63 bits per heavy atom. The van der Waals surface area contributed by atoms with Crippen LogP contribution in [0.3, 0.4) is 0 Å². The lowest BCUT2D eigenvalue weighted by Gasteiger charge is -2.45. The maximum atomic E-state index is 9.89. The second-order valence-electron chi connectivity index (χ2n) is 5.78.